The quantitative estimate of drug-likeness (QED) is 0.193. The van der Waals surface area contributed by atoms with Crippen molar-refractivity contribution in [1.82, 2.24) is 0 Å². The van der Waals surface area contributed by atoms with Crippen molar-refractivity contribution < 1.29 is 31.7 Å². The molecule has 8 fully saturated rings. The minimum Gasteiger partial charge on any atom is -0.407 e. The standard InChI is InChI=1S/C45H72O7P2/c1-38(2)28-16-20-42(9,24-28)34(38)49-53(46,50-35-39(3,4)29-17-21-43(35,10)25-29)33-15-13-14-32(33)48-54(47,51-36-40(5,6)30-18-22-44(36,11)26-30)52-37-41(7,8)31-19-23-45(37,12)27-31/h13-15,28-31,33-37H,16-27H2,1-12H3/t28-,29-,30-,31-,33?,34-,35-,36-,37-,42+,43+,44+,45+/m0/s1. The van der Waals surface area contributed by atoms with Crippen LogP contribution in [0.15, 0.2) is 24.0 Å². The first-order valence-electron chi connectivity index (χ1n) is 21.8. The molecule has 304 valence electrons. The Morgan fingerprint density at radius 2 is 0.815 bits per heavy atom. The summed E-state index contributed by atoms with van der Waals surface area (Å²) in [6, 6.07) is 0. The summed E-state index contributed by atoms with van der Waals surface area (Å²) in [6.07, 6.45) is 17.7. The van der Waals surface area contributed by atoms with Gasteiger partial charge in [-0.15, -0.1) is 0 Å². The van der Waals surface area contributed by atoms with E-state index in [0.29, 0.717) is 29.4 Å². The fourth-order valence-corrected chi connectivity index (χ4v) is 20.7. The maximum atomic E-state index is 16.3. The van der Waals surface area contributed by atoms with E-state index in [-0.39, 0.29) is 67.7 Å². The summed E-state index contributed by atoms with van der Waals surface area (Å²) in [5.74, 6) is 2.36. The van der Waals surface area contributed by atoms with Gasteiger partial charge in [-0.2, -0.15) is 0 Å². The lowest BCUT2D eigenvalue weighted by Crippen LogP contribution is -2.45. The van der Waals surface area contributed by atoms with Crippen molar-refractivity contribution in [3.05, 3.63) is 24.0 Å². The van der Waals surface area contributed by atoms with Gasteiger partial charge in [-0.25, -0.2) is 4.57 Å². The number of hydrogen-bond acceptors (Lipinski definition) is 7. The average Bonchev–Trinajstić information content (AvgIpc) is 3.93. The molecule has 0 heterocycles. The second kappa shape index (κ2) is 11.6. The summed E-state index contributed by atoms with van der Waals surface area (Å²) in [4.78, 5) is 0. The Hall–Kier alpha value is -0.420. The highest BCUT2D eigenvalue weighted by atomic mass is 31.2. The third-order valence-electron chi connectivity index (χ3n) is 18.9. The Morgan fingerprint density at radius 3 is 1.11 bits per heavy atom. The van der Waals surface area contributed by atoms with Crippen LogP contribution in [0, 0.1) is 67.0 Å². The third kappa shape index (κ3) is 5.38. The number of rotatable bonds is 11. The number of phosphoric acid groups is 1. The van der Waals surface area contributed by atoms with Crippen molar-refractivity contribution in [2.75, 3.05) is 0 Å². The van der Waals surface area contributed by atoms with E-state index in [1.54, 1.807) is 0 Å². The SMILES string of the molecule is CC1(C)[C@H]2CC[C@](C)(C2)[C@H]1OP(=O)(OC1=CC=CC1P(=O)(O[C@H]1C(C)(C)[C@H]2CC[C@]1(C)C2)O[C@H]1C(C)(C)[C@H]2CC[C@]1(C)C2)O[C@H]1C(C)(C)[C@H]2CC[C@]1(C)C2. The van der Waals surface area contributed by atoms with Gasteiger partial charge in [0.15, 0.2) is 0 Å². The van der Waals surface area contributed by atoms with Gasteiger partial charge in [0.1, 0.15) is 11.4 Å². The molecule has 0 aromatic rings. The fraction of sp³-hybridized carbons (Fsp3) is 0.911. The van der Waals surface area contributed by atoms with Crippen LogP contribution in [0.3, 0.4) is 0 Å². The molecule has 0 radical (unpaired) electrons. The van der Waals surface area contributed by atoms with Crippen molar-refractivity contribution in [2.45, 2.75) is 190 Å². The fourth-order valence-electron chi connectivity index (χ4n) is 15.8. The number of hydrogen-bond donors (Lipinski definition) is 0. The van der Waals surface area contributed by atoms with Crippen LogP contribution in [0.5, 0.6) is 0 Å². The van der Waals surface area contributed by atoms with Gasteiger partial charge in [0.2, 0.25) is 0 Å². The van der Waals surface area contributed by atoms with Crippen molar-refractivity contribution >= 4 is 15.4 Å². The predicted molar refractivity (Wildman–Crippen MR) is 214 cm³/mol. The summed E-state index contributed by atoms with van der Waals surface area (Å²) in [5.41, 5.74) is -1.90. The molecule has 9 aliphatic carbocycles. The van der Waals surface area contributed by atoms with Crippen molar-refractivity contribution in [3.8, 4) is 0 Å². The normalized spacial score (nSPS) is 49.8. The van der Waals surface area contributed by atoms with Crippen LogP contribution >= 0.6 is 15.4 Å². The highest BCUT2D eigenvalue weighted by Gasteiger charge is 2.68. The molecule has 8 bridgehead atoms. The average molecular weight is 787 g/mol. The zero-order valence-electron chi connectivity index (χ0n) is 35.7. The molecule has 0 spiro atoms. The van der Waals surface area contributed by atoms with Crippen molar-refractivity contribution in [3.63, 3.8) is 0 Å². The first-order valence-corrected chi connectivity index (χ1v) is 24.9. The molecule has 0 aliphatic heterocycles. The molecule has 9 heteroatoms. The minimum atomic E-state index is -4.29. The zero-order chi connectivity index (χ0) is 38.9. The molecular weight excluding hydrogens is 714 g/mol. The lowest BCUT2D eigenvalue weighted by Gasteiger charge is -2.48. The van der Waals surface area contributed by atoms with E-state index in [1.807, 2.05) is 18.2 Å². The van der Waals surface area contributed by atoms with Gasteiger partial charge in [0.05, 0.1) is 24.4 Å². The van der Waals surface area contributed by atoms with Crippen LogP contribution in [-0.4, -0.2) is 30.1 Å². The van der Waals surface area contributed by atoms with Gasteiger partial charge >= 0.3 is 15.4 Å². The number of fused-ring (bicyclic) bond motifs is 8. The van der Waals surface area contributed by atoms with Gasteiger partial charge < -0.3 is 13.6 Å². The molecule has 7 nitrogen and oxygen atoms in total. The summed E-state index contributed by atoms with van der Waals surface area (Å²) in [5, 5.41) is 0. The van der Waals surface area contributed by atoms with E-state index >= 15 is 9.13 Å². The van der Waals surface area contributed by atoms with E-state index in [9.17, 15) is 0 Å². The lowest BCUT2D eigenvalue weighted by atomic mass is 9.70. The monoisotopic (exact) mass is 786 g/mol. The molecule has 0 amide bonds. The number of allylic oxidation sites excluding steroid dienone is 3. The van der Waals surface area contributed by atoms with Crippen LogP contribution in [0.2, 0.25) is 0 Å². The highest BCUT2D eigenvalue weighted by Crippen LogP contribution is 2.76. The lowest BCUT2D eigenvalue weighted by molar-refractivity contribution is -0.0774. The molecule has 8 saturated carbocycles. The van der Waals surface area contributed by atoms with Gasteiger partial charge in [-0.05, 0) is 150 Å². The second-order valence-corrected chi connectivity index (χ2v) is 27.6. The Bertz CT molecular complexity index is 1630. The van der Waals surface area contributed by atoms with E-state index in [0.717, 1.165) is 64.2 Å². The van der Waals surface area contributed by atoms with Crippen LogP contribution in [0.1, 0.15) is 160 Å². The van der Waals surface area contributed by atoms with E-state index < -0.39 is 21.1 Å². The molecule has 0 N–H and O–H groups in total. The minimum absolute atomic E-state index is 0.0819. The summed E-state index contributed by atoms with van der Waals surface area (Å²) in [6.45, 7) is 27.5. The van der Waals surface area contributed by atoms with E-state index in [2.05, 4.69) is 83.1 Å². The molecule has 9 aliphatic rings. The molecule has 0 aromatic heterocycles. The van der Waals surface area contributed by atoms with E-state index in [4.69, 9.17) is 22.6 Å². The second-order valence-electron chi connectivity index (χ2n) is 24.1. The van der Waals surface area contributed by atoms with Crippen LogP contribution in [0.4, 0.5) is 0 Å². The third-order valence-corrected chi connectivity index (χ3v) is 22.4. The maximum Gasteiger partial charge on any atom is 0.530 e. The molecular formula is C45H72O7P2. The van der Waals surface area contributed by atoms with Crippen LogP contribution < -0.4 is 0 Å². The van der Waals surface area contributed by atoms with Gasteiger partial charge in [-0.1, -0.05) is 95.2 Å². The van der Waals surface area contributed by atoms with Crippen molar-refractivity contribution in [2.24, 2.45) is 67.0 Å². The van der Waals surface area contributed by atoms with Crippen LogP contribution in [-0.2, 0) is 31.7 Å². The van der Waals surface area contributed by atoms with E-state index in [1.165, 1.54) is 12.8 Å². The Labute approximate surface area is 327 Å². The molecule has 13 atom stereocenters. The highest BCUT2D eigenvalue weighted by molar-refractivity contribution is 7.55. The Morgan fingerprint density at radius 1 is 0.500 bits per heavy atom. The van der Waals surface area contributed by atoms with Gasteiger partial charge in [-0.3, -0.25) is 13.6 Å². The van der Waals surface area contributed by atoms with Gasteiger partial charge in [0.25, 0.3) is 0 Å². The van der Waals surface area contributed by atoms with Crippen LogP contribution in [0.25, 0.3) is 0 Å². The Kier molecular flexibility index (Phi) is 8.43. The van der Waals surface area contributed by atoms with Crippen molar-refractivity contribution in [1.29, 1.82) is 0 Å². The molecule has 9 rings (SSSR count). The molecule has 1 unspecified atom stereocenters. The largest absolute Gasteiger partial charge is 0.530 e. The predicted octanol–water partition coefficient (Wildman–Crippen LogP) is 13.1. The topological polar surface area (TPSA) is 80.3 Å². The summed E-state index contributed by atoms with van der Waals surface area (Å²) < 4.78 is 67.4. The molecule has 0 aromatic carbocycles. The summed E-state index contributed by atoms with van der Waals surface area (Å²) >= 11 is 0. The van der Waals surface area contributed by atoms with Gasteiger partial charge in [0, 0.05) is 0 Å². The maximum absolute atomic E-state index is 16.3. The molecule has 0 saturated heterocycles. The number of phosphoric ester groups is 1. The summed E-state index contributed by atoms with van der Waals surface area (Å²) in [7, 11) is -8.29. The Balaban J connectivity index is 1.09. The molecule has 54 heavy (non-hydrogen) atoms. The zero-order valence-corrected chi connectivity index (χ0v) is 37.5. The first kappa shape index (κ1) is 39.1. The smallest absolute Gasteiger partial charge is 0.407 e. The first-order chi connectivity index (χ1) is 24.8.